The van der Waals surface area contributed by atoms with Crippen molar-refractivity contribution in [1.29, 1.82) is 0 Å². The number of pyridine rings is 1. The Labute approximate surface area is 139 Å². The average molecular weight is 323 g/mol. The number of ether oxygens (including phenoxy) is 3. The van der Waals surface area contributed by atoms with Crippen molar-refractivity contribution in [3.05, 3.63) is 54.5 Å². The van der Waals surface area contributed by atoms with Crippen LogP contribution < -0.4 is 14.2 Å². The molecule has 1 aliphatic heterocycles. The highest BCUT2D eigenvalue weighted by molar-refractivity contribution is 5.55. The van der Waals surface area contributed by atoms with Crippen LogP contribution in [-0.2, 0) is 6.54 Å². The Hall–Kier alpha value is -3.02. The van der Waals surface area contributed by atoms with E-state index in [1.165, 1.54) is 0 Å². The van der Waals surface area contributed by atoms with E-state index in [1.54, 1.807) is 12.4 Å². The topological polar surface area (TPSA) is 58.4 Å². The fourth-order valence-electron chi connectivity index (χ4n) is 2.68. The van der Waals surface area contributed by atoms with Gasteiger partial charge in [0.1, 0.15) is 5.82 Å². The van der Waals surface area contributed by atoms with Gasteiger partial charge in [-0.25, -0.2) is 9.97 Å². The molecule has 0 fully saturated rings. The van der Waals surface area contributed by atoms with Gasteiger partial charge in [-0.2, -0.15) is 0 Å². The highest BCUT2D eigenvalue weighted by Crippen LogP contribution is 2.33. The molecule has 0 amide bonds. The van der Waals surface area contributed by atoms with E-state index in [9.17, 15) is 0 Å². The monoisotopic (exact) mass is 323 g/mol. The molecule has 3 heterocycles. The zero-order valence-corrected chi connectivity index (χ0v) is 13.3. The van der Waals surface area contributed by atoms with E-state index in [0.29, 0.717) is 19.0 Å². The average Bonchev–Trinajstić information content (AvgIpc) is 3.25. The van der Waals surface area contributed by atoms with Crippen LogP contribution in [0.25, 0.3) is 11.4 Å². The van der Waals surface area contributed by atoms with Crippen molar-refractivity contribution in [3.8, 4) is 28.8 Å². The SMILES string of the molecule is CCOc1ccc(-c2nccn2Cc2ccc3c(c2)OCO3)cn1. The molecule has 0 atom stereocenters. The Morgan fingerprint density at radius 3 is 2.88 bits per heavy atom. The molecular weight excluding hydrogens is 306 g/mol. The van der Waals surface area contributed by atoms with E-state index in [4.69, 9.17) is 14.2 Å². The second-order valence-electron chi connectivity index (χ2n) is 5.38. The van der Waals surface area contributed by atoms with Crippen molar-refractivity contribution in [3.63, 3.8) is 0 Å². The number of nitrogens with zero attached hydrogens (tertiary/aromatic N) is 3. The molecule has 0 radical (unpaired) electrons. The molecule has 24 heavy (non-hydrogen) atoms. The minimum atomic E-state index is 0.285. The zero-order valence-electron chi connectivity index (χ0n) is 13.3. The summed E-state index contributed by atoms with van der Waals surface area (Å²) in [5.41, 5.74) is 2.07. The molecule has 1 aliphatic rings. The summed E-state index contributed by atoms with van der Waals surface area (Å²) in [6.45, 7) is 3.52. The third kappa shape index (κ3) is 2.78. The molecule has 122 valence electrons. The van der Waals surface area contributed by atoms with Crippen LogP contribution in [0.5, 0.6) is 17.4 Å². The van der Waals surface area contributed by atoms with Crippen molar-refractivity contribution >= 4 is 0 Å². The van der Waals surface area contributed by atoms with Gasteiger partial charge in [-0.1, -0.05) is 6.07 Å². The fraction of sp³-hybridized carbons (Fsp3) is 0.222. The van der Waals surface area contributed by atoms with Gasteiger partial charge in [-0.05, 0) is 30.7 Å². The minimum Gasteiger partial charge on any atom is -0.478 e. The van der Waals surface area contributed by atoms with E-state index in [2.05, 4.69) is 14.5 Å². The van der Waals surface area contributed by atoms with Gasteiger partial charge in [0.15, 0.2) is 11.5 Å². The van der Waals surface area contributed by atoms with Gasteiger partial charge in [0.05, 0.1) is 6.61 Å². The maximum atomic E-state index is 5.44. The Morgan fingerprint density at radius 1 is 1.12 bits per heavy atom. The molecule has 1 aromatic carbocycles. The number of benzene rings is 1. The van der Waals surface area contributed by atoms with Crippen LogP contribution in [0.15, 0.2) is 48.9 Å². The number of hydrogen-bond acceptors (Lipinski definition) is 5. The van der Waals surface area contributed by atoms with E-state index >= 15 is 0 Å². The number of imidazole rings is 1. The van der Waals surface area contributed by atoms with Crippen molar-refractivity contribution in [2.75, 3.05) is 13.4 Å². The van der Waals surface area contributed by atoms with Gasteiger partial charge in [0.25, 0.3) is 0 Å². The predicted octanol–water partition coefficient (Wildman–Crippen LogP) is 3.12. The molecular formula is C18H17N3O3. The summed E-state index contributed by atoms with van der Waals surface area (Å²) in [5, 5.41) is 0. The van der Waals surface area contributed by atoms with Crippen LogP contribution in [0.1, 0.15) is 12.5 Å². The normalized spacial score (nSPS) is 12.4. The Balaban J connectivity index is 1.58. The third-order valence-electron chi connectivity index (χ3n) is 3.79. The third-order valence-corrected chi connectivity index (χ3v) is 3.79. The van der Waals surface area contributed by atoms with Crippen LogP contribution in [0.2, 0.25) is 0 Å². The standard InChI is InChI=1S/C18H17N3O3/c1-2-22-17-6-4-14(10-20-17)18-19-7-8-21(18)11-13-3-5-15-16(9-13)24-12-23-15/h3-10H,2,11-12H2,1H3. The maximum Gasteiger partial charge on any atom is 0.231 e. The minimum absolute atomic E-state index is 0.285. The lowest BCUT2D eigenvalue weighted by atomic mass is 10.2. The van der Waals surface area contributed by atoms with Crippen LogP contribution in [-0.4, -0.2) is 27.9 Å². The largest absolute Gasteiger partial charge is 0.478 e. The molecule has 0 aliphatic carbocycles. The van der Waals surface area contributed by atoms with E-state index < -0.39 is 0 Å². The van der Waals surface area contributed by atoms with Gasteiger partial charge >= 0.3 is 0 Å². The zero-order chi connectivity index (χ0) is 16.4. The molecule has 0 bridgehead atoms. The van der Waals surface area contributed by atoms with E-state index in [1.807, 2.05) is 43.5 Å². The fourth-order valence-corrected chi connectivity index (χ4v) is 2.68. The van der Waals surface area contributed by atoms with Gasteiger partial charge in [0.2, 0.25) is 12.7 Å². The van der Waals surface area contributed by atoms with Crippen LogP contribution >= 0.6 is 0 Å². The molecule has 0 unspecified atom stereocenters. The Bertz CT molecular complexity index is 843. The number of aromatic nitrogens is 3. The summed E-state index contributed by atoms with van der Waals surface area (Å²) in [6.07, 6.45) is 5.53. The molecule has 6 heteroatoms. The first kappa shape index (κ1) is 14.6. The highest BCUT2D eigenvalue weighted by atomic mass is 16.7. The summed E-state index contributed by atoms with van der Waals surface area (Å²) in [4.78, 5) is 8.76. The smallest absolute Gasteiger partial charge is 0.231 e. The molecule has 3 aromatic rings. The Kier molecular flexibility index (Phi) is 3.78. The summed E-state index contributed by atoms with van der Waals surface area (Å²) in [6, 6.07) is 9.80. The first-order valence-corrected chi connectivity index (χ1v) is 7.82. The summed E-state index contributed by atoms with van der Waals surface area (Å²) >= 11 is 0. The molecule has 0 saturated carbocycles. The maximum absolute atomic E-state index is 5.44. The number of fused-ring (bicyclic) bond motifs is 1. The van der Waals surface area contributed by atoms with E-state index in [0.717, 1.165) is 28.5 Å². The molecule has 0 saturated heterocycles. The summed E-state index contributed by atoms with van der Waals surface area (Å²) in [7, 11) is 0. The lowest BCUT2D eigenvalue weighted by molar-refractivity contribution is 0.174. The second kappa shape index (κ2) is 6.23. The lowest BCUT2D eigenvalue weighted by Gasteiger charge is -2.09. The van der Waals surface area contributed by atoms with Gasteiger partial charge < -0.3 is 18.8 Å². The number of rotatable bonds is 5. The quantitative estimate of drug-likeness (QED) is 0.722. The highest BCUT2D eigenvalue weighted by Gasteiger charge is 2.14. The molecule has 4 rings (SSSR count). The molecule has 0 N–H and O–H groups in total. The van der Waals surface area contributed by atoms with Crippen LogP contribution in [0, 0.1) is 0 Å². The summed E-state index contributed by atoms with van der Waals surface area (Å²) in [5.74, 6) is 3.07. The van der Waals surface area contributed by atoms with Crippen molar-refractivity contribution in [2.24, 2.45) is 0 Å². The van der Waals surface area contributed by atoms with Gasteiger partial charge in [-0.15, -0.1) is 0 Å². The van der Waals surface area contributed by atoms with Crippen molar-refractivity contribution in [1.82, 2.24) is 14.5 Å². The van der Waals surface area contributed by atoms with Gasteiger partial charge in [-0.3, -0.25) is 0 Å². The van der Waals surface area contributed by atoms with Crippen LogP contribution in [0.4, 0.5) is 0 Å². The first-order valence-electron chi connectivity index (χ1n) is 7.82. The lowest BCUT2D eigenvalue weighted by Crippen LogP contribution is -2.02. The number of hydrogen-bond donors (Lipinski definition) is 0. The Morgan fingerprint density at radius 2 is 2.04 bits per heavy atom. The molecule has 2 aromatic heterocycles. The predicted molar refractivity (Wildman–Crippen MR) is 88.3 cm³/mol. The molecule has 6 nitrogen and oxygen atoms in total. The van der Waals surface area contributed by atoms with Crippen LogP contribution in [0.3, 0.4) is 0 Å². The summed E-state index contributed by atoms with van der Waals surface area (Å²) < 4.78 is 18.3. The van der Waals surface area contributed by atoms with E-state index in [-0.39, 0.29) is 6.79 Å². The molecule has 0 spiro atoms. The second-order valence-corrected chi connectivity index (χ2v) is 5.38. The van der Waals surface area contributed by atoms with Gasteiger partial charge in [0, 0.05) is 36.8 Å². The van der Waals surface area contributed by atoms with Crippen molar-refractivity contribution in [2.45, 2.75) is 13.5 Å². The first-order chi connectivity index (χ1) is 11.8. The van der Waals surface area contributed by atoms with Crippen molar-refractivity contribution < 1.29 is 14.2 Å².